The third kappa shape index (κ3) is 3.86. The van der Waals surface area contributed by atoms with Crippen LogP contribution in [-0.2, 0) is 6.54 Å². The van der Waals surface area contributed by atoms with Crippen LogP contribution < -0.4 is 10.2 Å². The molecule has 1 atom stereocenters. The summed E-state index contributed by atoms with van der Waals surface area (Å²) in [6.07, 6.45) is 1.73. The number of hydrogen-bond acceptors (Lipinski definition) is 2. The molecule has 0 saturated heterocycles. The molecule has 0 aliphatic heterocycles. The Balaban J connectivity index is 1.71. The fourth-order valence-electron chi connectivity index (χ4n) is 3.32. The Kier molecular flexibility index (Phi) is 5.54. The second-order valence-electron chi connectivity index (χ2n) is 6.91. The zero-order valence-corrected chi connectivity index (χ0v) is 15.8. The smallest absolute Gasteiger partial charge is 0.195 e. The van der Waals surface area contributed by atoms with Crippen molar-refractivity contribution in [1.82, 2.24) is 9.78 Å². The van der Waals surface area contributed by atoms with Crippen LogP contribution in [0.5, 0.6) is 0 Å². The predicted molar refractivity (Wildman–Crippen MR) is 97.8 cm³/mol. The van der Waals surface area contributed by atoms with Crippen LogP contribution in [0.4, 0.5) is 4.39 Å². The van der Waals surface area contributed by atoms with E-state index in [0.29, 0.717) is 6.04 Å². The van der Waals surface area contributed by atoms with Gasteiger partial charge in [0.05, 0.1) is 43.0 Å². The fourth-order valence-corrected chi connectivity index (χ4v) is 3.32. The maximum atomic E-state index is 13.2. The third-order valence-electron chi connectivity index (χ3n) is 4.85. The molecule has 0 bridgehead atoms. The first kappa shape index (κ1) is 18.4. The summed E-state index contributed by atoms with van der Waals surface area (Å²) in [7, 11) is 4.29. The normalized spacial score (nSPS) is 12.7. The molecule has 2 aromatic heterocycles. The van der Waals surface area contributed by atoms with Gasteiger partial charge in [-0.1, -0.05) is 0 Å². The number of halogens is 1. The van der Waals surface area contributed by atoms with Gasteiger partial charge >= 0.3 is 0 Å². The van der Waals surface area contributed by atoms with Crippen LogP contribution >= 0.6 is 0 Å². The van der Waals surface area contributed by atoms with E-state index in [-0.39, 0.29) is 5.82 Å². The minimum absolute atomic E-state index is 0.237. The Morgan fingerprint density at radius 3 is 2.54 bits per heavy atom. The van der Waals surface area contributed by atoms with E-state index < -0.39 is 0 Å². The molecule has 3 rings (SSSR count). The van der Waals surface area contributed by atoms with Gasteiger partial charge in [-0.2, -0.15) is 5.10 Å². The number of benzene rings is 1. The van der Waals surface area contributed by atoms with Crippen LogP contribution in [0.1, 0.15) is 28.8 Å². The molecule has 0 radical (unpaired) electrons. The molecular formula is C20H27FN4O+2. The Labute approximate surface area is 153 Å². The number of nitrogens with one attached hydrogen (secondary N) is 1. The lowest BCUT2D eigenvalue weighted by molar-refractivity contribution is -0.911. The Hall–Kier alpha value is -2.44. The molecule has 26 heavy (non-hydrogen) atoms. The summed E-state index contributed by atoms with van der Waals surface area (Å²) in [5.41, 5.74) is 4.21. The lowest BCUT2D eigenvalue weighted by atomic mass is 10.1. The van der Waals surface area contributed by atoms with Gasteiger partial charge in [-0.25, -0.2) is 9.07 Å². The quantitative estimate of drug-likeness (QED) is 0.666. The molecule has 5 nitrogen and oxygen atoms in total. The second kappa shape index (κ2) is 7.85. The number of nitrogens with zero attached hydrogens (tertiary/aromatic N) is 2. The van der Waals surface area contributed by atoms with Gasteiger partial charge in [0, 0.05) is 0 Å². The zero-order chi connectivity index (χ0) is 18.7. The first-order valence-electron chi connectivity index (χ1n) is 8.93. The standard InChI is InChI=1S/C20H25FN4O/c1-14-18(12-22-13-19(24(3)4)20-6-5-11-26-20)15(2)25(23-14)17-9-7-16(21)8-10-17/h5-11,19,22H,12-13H2,1-4H3/p+2/t19-/m0/s1. The molecule has 0 aliphatic rings. The van der Waals surface area contributed by atoms with Crippen LogP contribution in [0.25, 0.3) is 5.69 Å². The number of quaternary nitrogens is 2. The summed E-state index contributed by atoms with van der Waals surface area (Å²) in [4.78, 5) is 1.34. The Morgan fingerprint density at radius 2 is 1.92 bits per heavy atom. The number of hydrogen-bond donors (Lipinski definition) is 2. The van der Waals surface area contributed by atoms with Gasteiger partial charge in [-0.05, 0) is 50.2 Å². The van der Waals surface area contributed by atoms with Gasteiger partial charge in [0.25, 0.3) is 0 Å². The predicted octanol–water partition coefficient (Wildman–Crippen LogP) is 1.17. The van der Waals surface area contributed by atoms with Crippen molar-refractivity contribution >= 4 is 0 Å². The van der Waals surface area contributed by atoms with Gasteiger partial charge in [0.1, 0.15) is 18.9 Å². The van der Waals surface area contributed by atoms with Crippen molar-refractivity contribution < 1.29 is 19.0 Å². The summed E-state index contributed by atoms with van der Waals surface area (Å²) in [6.45, 7) is 5.87. The largest absolute Gasteiger partial charge is 0.463 e. The van der Waals surface area contributed by atoms with Gasteiger partial charge in [0.15, 0.2) is 11.8 Å². The molecule has 0 aliphatic carbocycles. The van der Waals surface area contributed by atoms with Crippen LogP contribution in [0.15, 0.2) is 47.1 Å². The van der Waals surface area contributed by atoms with Crippen molar-refractivity contribution in [3.8, 4) is 5.69 Å². The third-order valence-corrected chi connectivity index (χ3v) is 4.85. The van der Waals surface area contributed by atoms with Crippen molar-refractivity contribution in [1.29, 1.82) is 0 Å². The van der Waals surface area contributed by atoms with Crippen molar-refractivity contribution in [2.24, 2.45) is 0 Å². The van der Waals surface area contributed by atoms with Gasteiger partial charge < -0.3 is 14.6 Å². The summed E-state index contributed by atoms with van der Waals surface area (Å²) < 4.78 is 20.6. The highest BCUT2D eigenvalue weighted by atomic mass is 19.1. The minimum atomic E-state index is -0.237. The van der Waals surface area contributed by atoms with Gasteiger partial charge in [-0.15, -0.1) is 0 Å². The summed E-state index contributed by atoms with van der Waals surface area (Å²) >= 11 is 0. The van der Waals surface area contributed by atoms with Crippen LogP contribution in [0.2, 0.25) is 0 Å². The van der Waals surface area contributed by atoms with Crippen LogP contribution in [-0.4, -0.2) is 30.4 Å². The first-order chi connectivity index (χ1) is 12.5. The summed E-state index contributed by atoms with van der Waals surface area (Å²) in [5.74, 6) is 0.774. The number of aryl methyl sites for hydroxylation is 1. The average Bonchev–Trinajstić information content (AvgIpc) is 3.22. The molecule has 1 aromatic carbocycles. The summed E-state index contributed by atoms with van der Waals surface area (Å²) in [6, 6.07) is 10.7. The van der Waals surface area contributed by atoms with E-state index in [1.807, 2.05) is 23.7 Å². The van der Waals surface area contributed by atoms with E-state index in [2.05, 4.69) is 31.4 Å². The highest BCUT2D eigenvalue weighted by Crippen LogP contribution is 2.17. The molecule has 0 unspecified atom stereocenters. The fraction of sp³-hybridized carbons (Fsp3) is 0.350. The molecule has 3 aromatic rings. The lowest BCUT2D eigenvalue weighted by Crippen LogP contribution is -3.09. The maximum Gasteiger partial charge on any atom is 0.195 e. The molecular weight excluding hydrogens is 331 g/mol. The monoisotopic (exact) mass is 358 g/mol. The number of aromatic nitrogens is 2. The zero-order valence-electron chi connectivity index (χ0n) is 15.8. The van der Waals surface area contributed by atoms with E-state index in [1.165, 1.54) is 22.6 Å². The second-order valence-corrected chi connectivity index (χ2v) is 6.91. The number of likely N-dealkylation sites (N-methyl/N-ethyl adjacent to an activating group) is 1. The number of rotatable bonds is 7. The van der Waals surface area contributed by atoms with E-state index >= 15 is 0 Å². The van der Waals surface area contributed by atoms with Crippen LogP contribution in [0, 0.1) is 19.7 Å². The van der Waals surface area contributed by atoms with Gasteiger partial charge in [0.2, 0.25) is 0 Å². The lowest BCUT2D eigenvalue weighted by Gasteiger charge is -2.17. The molecule has 3 N–H and O–H groups in total. The highest BCUT2D eigenvalue weighted by molar-refractivity contribution is 5.36. The maximum absolute atomic E-state index is 13.2. The van der Waals surface area contributed by atoms with E-state index in [1.54, 1.807) is 18.4 Å². The van der Waals surface area contributed by atoms with E-state index in [9.17, 15) is 4.39 Å². The molecule has 0 fully saturated rings. The topological polar surface area (TPSA) is 52.0 Å². The molecule has 0 saturated carbocycles. The highest BCUT2D eigenvalue weighted by Gasteiger charge is 2.23. The minimum Gasteiger partial charge on any atom is -0.463 e. The molecule has 138 valence electrons. The molecule has 2 heterocycles. The molecule has 0 spiro atoms. The molecule has 0 amide bonds. The van der Waals surface area contributed by atoms with Crippen molar-refractivity contribution in [3.05, 3.63) is 71.2 Å². The average molecular weight is 358 g/mol. The number of nitrogens with two attached hydrogens (primary N) is 1. The summed E-state index contributed by atoms with van der Waals surface area (Å²) in [5, 5.41) is 6.94. The Morgan fingerprint density at radius 1 is 1.19 bits per heavy atom. The van der Waals surface area contributed by atoms with Gasteiger partial charge in [-0.3, -0.25) is 0 Å². The van der Waals surface area contributed by atoms with Crippen molar-refractivity contribution in [3.63, 3.8) is 0 Å². The number of furan rings is 1. The SMILES string of the molecule is Cc1nn(-c2ccc(F)cc2)c(C)c1C[NH2+]C[C@@H](c1ccco1)[NH+](C)C. The molecule has 6 heteroatoms. The van der Waals surface area contributed by atoms with Crippen LogP contribution in [0.3, 0.4) is 0 Å². The first-order valence-corrected chi connectivity index (χ1v) is 8.93. The van der Waals surface area contributed by atoms with Crippen molar-refractivity contribution in [2.75, 3.05) is 20.6 Å². The van der Waals surface area contributed by atoms with E-state index in [4.69, 9.17) is 4.42 Å². The Bertz CT molecular complexity index is 838. The van der Waals surface area contributed by atoms with Crippen molar-refractivity contribution in [2.45, 2.75) is 26.4 Å². The van der Waals surface area contributed by atoms with E-state index in [0.717, 1.165) is 35.9 Å².